The molecule has 0 N–H and O–H groups in total. The van der Waals surface area contributed by atoms with E-state index in [2.05, 4.69) is 15.9 Å². The molecule has 29 valence electrons. The zero-order chi connectivity index (χ0) is 4.24. The predicted molar refractivity (Wildman–Crippen MR) is 23.4 cm³/mol. The zero-order valence-electron chi connectivity index (χ0n) is 3.00. The second kappa shape index (κ2) is 1.83. The van der Waals surface area contributed by atoms with E-state index >= 15 is 0 Å². The van der Waals surface area contributed by atoms with Crippen LogP contribution in [0, 0.1) is 5.93 Å². The van der Waals surface area contributed by atoms with Gasteiger partial charge in [0, 0.05) is 0 Å². The normalized spacial score (nSPS) is 8.00. The lowest BCUT2D eigenvalue weighted by Gasteiger charge is -1.67. The van der Waals surface area contributed by atoms with Gasteiger partial charge in [-0.3, -0.25) is 0 Å². The SMILES string of the molecule is [c]1ncncp1. The first kappa shape index (κ1) is 3.69. The lowest BCUT2D eigenvalue weighted by atomic mass is 11.3. The van der Waals surface area contributed by atoms with Gasteiger partial charge in [0.05, 0.1) is 5.93 Å². The maximum absolute atomic E-state index is 3.69. The molecule has 0 aliphatic heterocycles. The van der Waals surface area contributed by atoms with Crippen LogP contribution in [0.15, 0.2) is 12.3 Å². The van der Waals surface area contributed by atoms with E-state index in [0.29, 0.717) is 0 Å². The molecule has 1 rings (SSSR count). The van der Waals surface area contributed by atoms with Crippen LogP contribution in [0.3, 0.4) is 0 Å². The quantitative estimate of drug-likeness (QED) is 0.479. The Hall–Kier alpha value is -0.490. The van der Waals surface area contributed by atoms with Gasteiger partial charge in [-0.1, -0.05) is 0 Å². The second-order valence-electron chi connectivity index (χ2n) is 0.738. The molecule has 2 nitrogen and oxygen atoms in total. The summed E-state index contributed by atoms with van der Waals surface area (Å²) in [5.41, 5.74) is 0. The van der Waals surface area contributed by atoms with Gasteiger partial charge in [-0.15, -0.1) is 0 Å². The van der Waals surface area contributed by atoms with E-state index in [1.807, 2.05) is 0 Å². The number of hydrogen-bond acceptors (Lipinski definition) is 2. The van der Waals surface area contributed by atoms with Crippen molar-refractivity contribution in [2.75, 3.05) is 0 Å². The van der Waals surface area contributed by atoms with Gasteiger partial charge in [-0.05, 0) is 8.19 Å². The molecule has 1 aromatic rings. The molecule has 0 saturated carbocycles. The zero-order valence-corrected chi connectivity index (χ0v) is 3.89. The minimum absolute atomic E-state index is 0.959. The maximum Gasteiger partial charge on any atom is 0.123 e. The van der Waals surface area contributed by atoms with Crippen molar-refractivity contribution in [2.24, 2.45) is 0 Å². The van der Waals surface area contributed by atoms with Crippen molar-refractivity contribution in [1.29, 1.82) is 0 Å². The number of rotatable bonds is 0. The van der Waals surface area contributed by atoms with E-state index < -0.39 is 0 Å². The van der Waals surface area contributed by atoms with Crippen LogP contribution in [-0.4, -0.2) is 9.97 Å². The highest BCUT2D eigenvalue weighted by Gasteiger charge is 1.61. The molecular formula is C3H2N2P. The van der Waals surface area contributed by atoms with Crippen LogP contribution in [0.4, 0.5) is 0 Å². The Bertz CT molecular complexity index is 80.7. The molecule has 6 heavy (non-hydrogen) atoms. The summed E-state index contributed by atoms with van der Waals surface area (Å²) in [6.07, 6.45) is 1.47. The Labute approximate surface area is 37.4 Å². The summed E-state index contributed by atoms with van der Waals surface area (Å²) in [6, 6.07) is 0. The van der Waals surface area contributed by atoms with E-state index in [-0.39, 0.29) is 0 Å². The van der Waals surface area contributed by atoms with Crippen molar-refractivity contribution in [3.05, 3.63) is 18.2 Å². The van der Waals surface area contributed by atoms with Gasteiger partial charge in [0.25, 0.3) is 0 Å². The van der Waals surface area contributed by atoms with E-state index in [4.69, 9.17) is 0 Å². The number of nitrogens with zero attached hydrogens (tertiary/aromatic N) is 2. The molecule has 1 heterocycles. The Morgan fingerprint density at radius 2 is 2.67 bits per heavy atom. The first-order valence-corrected chi connectivity index (χ1v) is 2.44. The minimum atomic E-state index is 0.959. The third kappa shape index (κ3) is 0.728. The first-order valence-electron chi connectivity index (χ1n) is 1.48. The summed E-state index contributed by atoms with van der Waals surface area (Å²) < 4.78 is 0. The van der Waals surface area contributed by atoms with Crippen LogP contribution in [-0.2, 0) is 0 Å². The fourth-order valence-electron chi connectivity index (χ4n) is 0.181. The van der Waals surface area contributed by atoms with Gasteiger partial charge in [0.15, 0.2) is 0 Å². The molecule has 0 bridgehead atoms. The summed E-state index contributed by atoms with van der Waals surface area (Å²) in [4.78, 5) is 7.28. The summed E-state index contributed by atoms with van der Waals surface area (Å²) in [6.45, 7) is 0. The Kier molecular flexibility index (Phi) is 1.13. The number of hydrogen-bond donors (Lipinski definition) is 0. The third-order valence-electron chi connectivity index (χ3n) is 0.364. The van der Waals surface area contributed by atoms with Crippen LogP contribution in [0.2, 0.25) is 0 Å². The van der Waals surface area contributed by atoms with Gasteiger partial charge in [0.1, 0.15) is 12.3 Å². The van der Waals surface area contributed by atoms with E-state index in [9.17, 15) is 0 Å². The Morgan fingerprint density at radius 1 is 1.67 bits per heavy atom. The fraction of sp³-hybridized carbons (Fsp3) is 0. The highest BCUT2D eigenvalue weighted by atomic mass is 31.0. The predicted octanol–water partition coefficient (Wildman–Crippen LogP) is 0.857. The van der Waals surface area contributed by atoms with Crippen molar-refractivity contribution in [1.82, 2.24) is 9.97 Å². The molecule has 0 aromatic carbocycles. The molecule has 0 saturated heterocycles. The summed E-state index contributed by atoms with van der Waals surface area (Å²) in [7, 11) is 0.959. The van der Waals surface area contributed by atoms with E-state index in [1.54, 1.807) is 5.93 Å². The van der Waals surface area contributed by atoms with Crippen molar-refractivity contribution in [2.45, 2.75) is 0 Å². The molecule has 0 aliphatic rings. The molecule has 0 atom stereocenters. The van der Waals surface area contributed by atoms with Gasteiger partial charge < -0.3 is 0 Å². The summed E-state index contributed by atoms with van der Waals surface area (Å²) in [5, 5.41) is 0. The third-order valence-corrected chi connectivity index (χ3v) is 0.844. The Morgan fingerprint density at radius 3 is 2.83 bits per heavy atom. The minimum Gasteiger partial charge on any atom is -0.240 e. The first-order chi connectivity index (χ1) is 3.00. The molecule has 1 radical (unpaired) electrons. The standard InChI is InChI=1S/C3H2N2P/c1-4-2-6-3-5-1/h1-2H. The van der Waals surface area contributed by atoms with Crippen LogP contribution >= 0.6 is 8.19 Å². The summed E-state index contributed by atoms with van der Waals surface area (Å²) in [5.74, 6) is 4.41. The topological polar surface area (TPSA) is 25.8 Å². The molecule has 0 spiro atoms. The van der Waals surface area contributed by atoms with Crippen LogP contribution in [0.5, 0.6) is 0 Å². The van der Waals surface area contributed by atoms with Gasteiger partial charge >= 0.3 is 0 Å². The van der Waals surface area contributed by atoms with Crippen LogP contribution < -0.4 is 0 Å². The molecule has 0 amide bonds. The van der Waals surface area contributed by atoms with Crippen LogP contribution in [0.1, 0.15) is 0 Å². The largest absolute Gasteiger partial charge is 0.240 e. The molecule has 3 heteroatoms. The summed E-state index contributed by atoms with van der Waals surface area (Å²) >= 11 is 0. The highest BCUT2D eigenvalue weighted by Crippen LogP contribution is 1.89. The van der Waals surface area contributed by atoms with Crippen molar-refractivity contribution in [3.8, 4) is 0 Å². The van der Waals surface area contributed by atoms with E-state index in [1.165, 1.54) is 6.33 Å². The van der Waals surface area contributed by atoms with Crippen molar-refractivity contribution < 1.29 is 0 Å². The molecule has 0 aliphatic carbocycles. The van der Waals surface area contributed by atoms with E-state index in [0.717, 1.165) is 8.19 Å². The van der Waals surface area contributed by atoms with Crippen molar-refractivity contribution >= 4 is 8.19 Å². The van der Waals surface area contributed by atoms with Crippen LogP contribution in [0.25, 0.3) is 0 Å². The highest BCUT2D eigenvalue weighted by molar-refractivity contribution is 7.27. The monoisotopic (exact) mass is 97.0 g/mol. The second-order valence-corrected chi connectivity index (χ2v) is 1.43. The molecular weight excluding hydrogens is 95.0 g/mol. The van der Waals surface area contributed by atoms with Gasteiger partial charge in [-0.25, -0.2) is 9.97 Å². The lowest BCUT2D eigenvalue weighted by molar-refractivity contribution is 1.22. The van der Waals surface area contributed by atoms with Gasteiger partial charge in [0.2, 0.25) is 0 Å². The smallest absolute Gasteiger partial charge is 0.123 e. The lowest BCUT2D eigenvalue weighted by Crippen LogP contribution is -1.62. The number of aromatic nitrogens is 2. The Balaban J connectivity index is 3.00. The average molecular weight is 97.0 g/mol. The molecule has 0 unspecified atom stereocenters. The maximum atomic E-state index is 3.69. The van der Waals surface area contributed by atoms with Gasteiger partial charge in [-0.2, -0.15) is 0 Å². The molecule has 0 fully saturated rings. The van der Waals surface area contributed by atoms with Crippen molar-refractivity contribution in [3.63, 3.8) is 0 Å². The molecule has 1 aromatic heterocycles. The fourth-order valence-corrected chi connectivity index (χ4v) is 0.478. The average Bonchev–Trinajstić information content (AvgIpc) is 1.72.